The number of carbonyl (C=O) groups is 1. The van der Waals surface area contributed by atoms with Crippen LogP contribution in [0.15, 0.2) is 29.8 Å². The van der Waals surface area contributed by atoms with Gasteiger partial charge in [-0.2, -0.15) is 5.26 Å². The largest absolute Gasteiger partial charge is 0.494 e. The van der Waals surface area contributed by atoms with Crippen molar-refractivity contribution in [2.45, 2.75) is 19.8 Å². The minimum absolute atomic E-state index is 0.136. The lowest BCUT2D eigenvalue weighted by Crippen LogP contribution is -2.39. The number of aliphatic hydroxyl groups excluding tert-OH is 1. The number of hydrogen-bond acceptors (Lipinski definition) is 4. The second-order valence-corrected chi connectivity index (χ2v) is 5.59. The summed E-state index contributed by atoms with van der Waals surface area (Å²) in [4.78, 5) is 14.1. The van der Waals surface area contributed by atoms with Crippen LogP contribution < -0.4 is 4.74 Å². The molecule has 1 saturated heterocycles. The van der Waals surface area contributed by atoms with E-state index < -0.39 is 0 Å². The molecular formula is C18H22N2O3. The van der Waals surface area contributed by atoms with E-state index in [2.05, 4.69) is 0 Å². The Morgan fingerprint density at radius 2 is 2.04 bits per heavy atom. The lowest BCUT2D eigenvalue weighted by Gasteiger charge is -2.30. The van der Waals surface area contributed by atoms with Gasteiger partial charge in [0.1, 0.15) is 17.4 Å². The molecule has 0 aromatic heterocycles. The van der Waals surface area contributed by atoms with Crippen molar-refractivity contribution in [2.75, 3.05) is 26.3 Å². The van der Waals surface area contributed by atoms with Crippen LogP contribution in [0.2, 0.25) is 0 Å². The first kappa shape index (κ1) is 17.0. The highest BCUT2D eigenvalue weighted by Gasteiger charge is 2.24. The zero-order chi connectivity index (χ0) is 16.7. The Balaban J connectivity index is 2.06. The number of nitriles is 1. The Labute approximate surface area is 136 Å². The van der Waals surface area contributed by atoms with E-state index in [0.29, 0.717) is 19.7 Å². The third kappa shape index (κ3) is 4.57. The van der Waals surface area contributed by atoms with E-state index in [9.17, 15) is 10.1 Å². The molecular weight excluding hydrogens is 292 g/mol. The highest BCUT2D eigenvalue weighted by Crippen LogP contribution is 2.19. The molecule has 1 aliphatic heterocycles. The maximum absolute atomic E-state index is 12.4. The Hall–Kier alpha value is -2.32. The fourth-order valence-corrected chi connectivity index (χ4v) is 2.62. The Morgan fingerprint density at radius 3 is 2.57 bits per heavy atom. The molecule has 122 valence electrons. The van der Waals surface area contributed by atoms with Crippen molar-refractivity contribution < 1.29 is 14.6 Å². The van der Waals surface area contributed by atoms with Gasteiger partial charge >= 0.3 is 0 Å². The van der Waals surface area contributed by atoms with Crippen molar-refractivity contribution in [1.29, 1.82) is 5.26 Å². The number of rotatable bonds is 5. The van der Waals surface area contributed by atoms with Crippen LogP contribution in [0.3, 0.4) is 0 Å². The molecule has 0 saturated carbocycles. The van der Waals surface area contributed by atoms with Crippen LogP contribution in [-0.4, -0.2) is 42.2 Å². The summed E-state index contributed by atoms with van der Waals surface area (Å²) in [5.74, 6) is 0.790. The highest BCUT2D eigenvalue weighted by molar-refractivity contribution is 6.01. The van der Waals surface area contributed by atoms with Gasteiger partial charge in [0.05, 0.1) is 6.61 Å². The first-order valence-electron chi connectivity index (χ1n) is 7.92. The van der Waals surface area contributed by atoms with Crippen LogP contribution in [0, 0.1) is 17.2 Å². The lowest BCUT2D eigenvalue weighted by molar-refractivity contribution is -0.128. The number of piperidine rings is 1. The standard InChI is InChI=1S/C18H22N2O3/c1-2-23-17-5-3-14(4-6-17)11-16(12-19)18(22)20-9-7-15(13-21)8-10-20/h3-6,11,15,21H,2,7-10,13H2,1H3/b16-11-. The van der Waals surface area contributed by atoms with Crippen LogP contribution in [0.25, 0.3) is 6.08 Å². The highest BCUT2D eigenvalue weighted by atomic mass is 16.5. The van der Waals surface area contributed by atoms with Gasteiger partial charge in [-0.05, 0) is 49.5 Å². The smallest absolute Gasteiger partial charge is 0.264 e. The number of amides is 1. The van der Waals surface area contributed by atoms with E-state index in [1.54, 1.807) is 11.0 Å². The molecule has 1 heterocycles. The molecule has 0 unspecified atom stereocenters. The van der Waals surface area contributed by atoms with Gasteiger partial charge in [-0.3, -0.25) is 4.79 Å². The van der Waals surface area contributed by atoms with Gasteiger partial charge in [0.15, 0.2) is 0 Å². The van der Waals surface area contributed by atoms with Crippen LogP contribution in [0.1, 0.15) is 25.3 Å². The van der Waals surface area contributed by atoms with Crippen LogP contribution in [0.5, 0.6) is 5.75 Å². The predicted octanol–water partition coefficient (Wildman–Crippen LogP) is 2.22. The number of benzene rings is 1. The zero-order valence-electron chi connectivity index (χ0n) is 13.4. The quantitative estimate of drug-likeness (QED) is 0.668. The lowest BCUT2D eigenvalue weighted by atomic mass is 9.97. The van der Waals surface area contributed by atoms with Gasteiger partial charge in [0.2, 0.25) is 0 Å². The molecule has 0 bridgehead atoms. The normalized spacial score (nSPS) is 16.0. The minimum Gasteiger partial charge on any atom is -0.494 e. The van der Waals surface area contributed by atoms with Crippen LogP contribution in [0.4, 0.5) is 0 Å². The summed E-state index contributed by atoms with van der Waals surface area (Å²) in [7, 11) is 0. The van der Waals surface area contributed by atoms with Crippen molar-refractivity contribution >= 4 is 12.0 Å². The van der Waals surface area contributed by atoms with Crippen molar-refractivity contribution in [3.8, 4) is 11.8 Å². The van der Waals surface area contributed by atoms with E-state index in [1.165, 1.54) is 0 Å². The summed E-state index contributed by atoms with van der Waals surface area (Å²) in [6.07, 6.45) is 3.17. The molecule has 1 aliphatic rings. The van der Waals surface area contributed by atoms with Gasteiger partial charge in [0.25, 0.3) is 5.91 Å². The number of ether oxygens (including phenoxy) is 1. The summed E-state index contributed by atoms with van der Waals surface area (Å²) in [5.41, 5.74) is 0.931. The van der Waals surface area contributed by atoms with E-state index in [0.717, 1.165) is 24.2 Å². The topological polar surface area (TPSA) is 73.6 Å². The molecule has 1 fully saturated rings. The Morgan fingerprint density at radius 1 is 1.39 bits per heavy atom. The van der Waals surface area contributed by atoms with Crippen LogP contribution >= 0.6 is 0 Å². The van der Waals surface area contributed by atoms with E-state index in [1.807, 2.05) is 37.3 Å². The van der Waals surface area contributed by atoms with Gasteiger partial charge in [-0.15, -0.1) is 0 Å². The van der Waals surface area contributed by atoms with Gasteiger partial charge < -0.3 is 14.7 Å². The SMILES string of the molecule is CCOc1ccc(/C=C(/C#N)C(=O)N2CCC(CO)CC2)cc1. The second-order valence-electron chi connectivity index (χ2n) is 5.59. The van der Waals surface area contributed by atoms with Crippen molar-refractivity contribution in [1.82, 2.24) is 4.90 Å². The Bertz CT molecular complexity index is 594. The monoisotopic (exact) mass is 314 g/mol. The number of likely N-dealkylation sites (tertiary alicyclic amines) is 1. The third-order valence-corrected chi connectivity index (χ3v) is 4.01. The average molecular weight is 314 g/mol. The predicted molar refractivity (Wildman–Crippen MR) is 87.6 cm³/mol. The molecule has 5 heteroatoms. The first-order valence-corrected chi connectivity index (χ1v) is 7.92. The Kier molecular flexibility index (Phi) is 6.19. The van der Waals surface area contributed by atoms with E-state index in [4.69, 9.17) is 9.84 Å². The van der Waals surface area contributed by atoms with Crippen molar-refractivity contribution in [2.24, 2.45) is 5.92 Å². The maximum Gasteiger partial charge on any atom is 0.264 e. The van der Waals surface area contributed by atoms with Crippen molar-refractivity contribution in [3.05, 3.63) is 35.4 Å². The molecule has 1 amide bonds. The fourth-order valence-electron chi connectivity index (χ4n) is 2.62. The number of nitrogens with zero attached hydrogens (tertiary/aromatic N) is 2. The van der Waals surface area contributed by atoms with Crippen molar-refractivity contribution in [3.63, 3.8) is 0 Å². The summed E-state index contributed by atoms with van der Waals surface area (Å²) in [6.45, 7) is 3.86. The molecule has 1 aromatic rings. The molecule has 0 atom stereocenters. The summed E-state index contributed by atoms with van der Waals surface area (Å²) < 4.78 is 5.37. The van der Waals surface area contributed by atoms with Gasteiger partial charge in [-0.25, -0.2) is 0 Å². The van der Waals surface area contributed by atoms with Gasteiger partial charge in [-0.1, -0.05) is 12.1 Å². The summed E-state index contributed by atoms with van der Waals surface area (Å²) >= 11 is 0. The molecule has 0 radical (unpaired) electrons. The minimum atomic E-state index is -0.238. The molecule has 1 aromatic carbocycles. The second kappa shape index (κ2) is 8.35. The molecule has 0 aliphatic carbocycles. The molecule has 1 N–H and O–H groups in total. The summed E-state index contributed by atoms with van der Waals surface area (Å²) in [6, 6.07) is 9.30. The number of aliphatic hydroxyl groups is 1. The molecule has 2 rings (SSSR count). The molecule has 5 nitrogen and oxygen atoms in total. The van der Waals surface area contributed by atoms with Crippen LogP contribution in [-0.2, 0) is 4.79 Å². The number of hydrogen-bond donors (Lipinski definition) is 1. The first-order chi connectivity index (χ1) is 11.2. The zero-order valence-corrected chi connectivity index (χ0v) is 13.4. The maximum atomic E-state index is 12.4. The van der Waals surface area contributed by atoms with E-state index >= 15 is 0 Å². The average Bonchev–Trinajstić information content (AvgIpc) is 2.61. The van der Waals surface area contributed by atoms with E-state index in [-0.39, 0.29) is 24.0 Å². The number of carbonyl (C=O) groups excluding carboxylic acids is 1. The van der Waals surface area contributed by atoms with Gasteiger partial charge in [0, 0.05) is 19.7 Å². The molecule has 0 spiro atoms. The fraction of sp³-hybridized carbons (Fsp3) is 0.444. The summed E-state index contributed by atoms with van der Waals surface area (Å²) in [5, 5.41) is 18.4. The third-order valence-electron chi connectivity index (χ3n) is 4.01. The molecule has 23 heavy (non-hydrogen) atoms.